The molecule has 0 aromatic heterocycles. The molecule has 5 rings (SSSR count). The molecule has 216 valence electrons. The molecule has 42 heavy (non-hydrogen) atoms. The number of hydrogen-bond donors (Lipinski definition) is 0. The molecule has 1 fully saturated rings. The average molecular weight is 593 g/mol. The summed E-state index contributed by atoms with van der Waals surface area (Å²) >= 11 is 0.748. The summed E-state index contributed by atoms with van der Waals surface area (Å²) in [6.45, 7) is 9.33. The molecule has 3 amide bonds. The second kappa shape index (κ2) is 10.8. The fourth-order valence-electron chi connectivity index (χ4n) is 5.19. The molecule has 6 nitrogen and oxygen atoms in total. The van der Waals surface area contributed by atoms with E-state index in [2.05, 4.69) is 11.3 Å². The number of thioether (sulfide) groups is 1. The maximum Gasteiger partial charge on any atom is 0.573 e. The van der Waals surface area contributed by atoms with Gasteiger partial charge in [0.05, 0.1) is 16.9 Å². The summed E-state index contributed by atoms with van der Waals surface area (Å²) in [7, 11) is 0. The number of rotatable bonds is 7. The lowest BCUT2D eigenvalue weighted by molar-refractivity contribution is -0.274. The fourth-order valence-corrected chi connectivity index (χ4v) is 6.04. The van der Waals surface area contributed by atoms with Gasteiger partial charge in [-0.3, -0.25) is 19.3 Å². The van der Waals surface area contributed by atoms with Crippen LogP contribution in [0.5, 0.6) is 5.75 Å². The van der Waals surface area contributed by atoms with Crippen LogP contribution in [0.25, 0.3) is 17.2 Å². The van der Waals surface area contributed by atoms with Crippen LogP contribution in [0.4, 0.5) is 23.7 Å². The Hall–Kier alpha value is -4.31. The van der Waals surface area contributed by atoms with E-state index in [9.17, 15) is 27.6 Å². The monoisotopic (exact) mass is 592 g/mol. The zero-order chi connectivity index (χ0) is 30.4. The van der Waals surface area contributed by atoms with Crippen LogP contribution >= 0.6 is 11.8 Å². The zero-order valence-corrected chi connectivity index (χ0v) is 23.9. The lowest BCUT2D eigenvalue weighted by atomic mass is 9.84. The number of aryl methyl sites for hydroxylation is 1. The Balaban J connectivity index is 1.63. The number of nitrogens with zero attached hydrogens (tertiary/aromatic N) is 2. The van der Waals surface area contributed by atoms with E-state index in [0.717, 1.165) is 27.8 Å². The summed E-state index contributed by atoms with van der Waals surface area (Å²) in [5, 5.41) is -0.455. The number of ether oxygens (including phenoxy) is 1. The Bertz CT molecular complexity index is 1650. The maximum atomic E-state index is 13.6. The molecule has 0 saturated carbocycles. The Morgan fingerprint density at radius 2 is 1.69 bits per heavy atom. The Kier molecular flexibility index (Phi) is 7.53. The van der Waals surface area contributed by atoms with Crippen molar-refractivity contribution >= 4 is 40.6 Å². The van der Waals surface area contributed by atoms with Crippen LogP contribution in [-0.2, 0) is 21.5 Å². The lowest BCUT2D eigenvalue weighted by Crippen LogP contribution is -2.35. The Morgan fingerprint density at radius 3 is 2.36 bits per heavy atom. The van der Waals surface area contributed by atoms with E-state index in [1.165, 1.54) is 30.4 Å². The lowest BCUT2D eigenvalue weighted by Gasteiger charge is -2.21. The molecule has 0 bridgehead atoms. The minimum Gasteiger partial charge on any atom is -0.405 e. The van der Waals surface area contributed by atoms with Crippen LogP contribution in [0.15, 0.2) is 78.2 Å². The first-order chi connectivity index (χ1) is 19.8. The van der Waals surface area contributed by atoms with E-state index in [1.807, 2.05) is 50.2 Å². The first-order valence-electron chi connectivity index (χ1n) is 13.1. The van der Waals surface area contributed by atoms with Gasteiger partial charge >= 0.3 is 6.36 Å². The third-order valence-corrected chi connectivity index (χ3v) is 8.18. The van der Waals surface area contributed by atoms with Crippen LogP contribution < -0.4 is 9.64 Å². The van der Waals surface area contributed by atoms with Gasteiger partial charge in [0.2, 0.25) is 5.91 Å². The quantitative estimate of drug-likeness (QED) is 0.209. The summed E-state index contributed by atoms with van der Waals surface area (Å²) in [5.74, 6) is -1.05. The minimum absolute atomic E-state index is 0.0501. The van der Waals surface area contributed by atoms with Crippen molar-refractivity contribution in [3.63, 3.8) is 0 Å². The van der Waals surface area contributed by atoms with Crippen LogP contribution in [0.2, 0.25) is 0 Å². The molecule has 0 unspecified atom stereocenters. The molecule has 0 atom stereocenters. The molecule has 3 aromatic rings. The van der Waals surface area contributed by atoms with E-state index in [1.54, 1.807) is 17.9 Å². The second-order valence-electron chi connectivity index (χ2n) is 10.6. The van der Waals surface area contributed by atoms with Crippen molar-refractivity contribution in [2.75, 3.05) is 11.4 Å². The first-order valence-corrected chi connectivity index (χ1v) is 13.9. The molecule has 2 aliphatic rings. The van der Waals surface area contributed by atoms with Gasteiger partial charge in [-0.2, -0.15) is 0 Å². The van der Waals surface area contributed by atoms with E-state index >= 15 is 0 Å². The third-order valence-electron chi connectivity index (χ3n) is 7.27. The number of anilines is 1. The van der Waals surface area contributed by atoms with Crippen molar-refractivity contribution < 1.29 is 32.3 Å². The summed E-state index contributed by atoms with van der Waals surface area (Å²) in [6, 6.07) is 17.1. The van der Waals surface area contributed by atoms with Gasteiger partial charge in [0.25, 0.3) is 11.1 Å². The van der Waals surface area contributed by atoms with Gasteiger partial charge in [-0.15, -0.1) is 19.8 Å². The molecule has 0 N–H and O–H groups in total. The number of carbonyl (C=O) groups excluding carboxylic acids is 3. The van der Waals surface area contributed by atoms with Gasteiger partial charge in [0, 0.05) is 17.8 Å². The number of hydrogen-bond acceptors (Lipinski definition) is 5. The number of amides is 3. The smallest absolute Gasteiger partial charge is 0.405 e. The normalized spacial score (nSPS) is 17.3. The minimum atomic E-state index is -4.95. The topological polar surface area (TPSA) is 66.9 Å². The molecule has 1 saturated heterocycles. The number of halogens is 3. The molecule has 3 aromatic carbocycles. The van der Waals surface area contributed by atoms with Gasteiger partial charge in [-0.05, 0) is 84.6 Å². The predicted octanol–water partition coefficient (Wildman–Crippen LogP) is 7.61. The zero-order valence-electron chi connectivity index (χ0n) is 23.1. The van der Waals surface area contributed by atoms with Crippen LogP contribution in [0.3, 0.4) is 0 Å². The van der Waals surface area contributed by atoms with Crippen LogP contribution in [0.1, 0.15) is 36.1 Å². The molecule has 0 aliphatic carbocycles. The van der Waals surface area contributed by atoms with Crippen molar-refractivity contribution in [2.45, 2.75) is 39.1 Å². The number of carbonyl (C=O) groups is 3. The molecular formula is C32H27F3N2O4S. The number of fused-ring (bicyclic) bond motifs is 1. The van der Waals surface area contributed by atoms with Gasteiger partial charge in [0.1, 0.15) is 5.75 Å². The third kappa shape index (κ3) is 5.46. The van der Waals surface area contributed by atoms with Crippen LogP contribution in [-0.4, -0.2) is 34.9 Å². The maximum absolute atomic E-state index is 13.6. The first kappa shape index (κ1) is 29.2. The highest BCUT2D eigenvalue weighted by molar-refractivity contribution is 8.18. The van der Waals surface area contributed by atoms with Crippen molar-refractivity contribution in [1.29, 1.82) is 0 Å². The van der Waals surface area contributed by atoms with Crippen molar-refractivity contribution in [3.8, 4) is 16.9 Å². The Labute approximate surface area is 245 Å². The van der Waals surface area contributed by atoms with E-state index in [-0.39, 0.29) is 22.9 Å². The number of benzene rings is 3. The number of alkyl halides is 3. The van der Waals surface area contributed by atoms with Gasteiger partial charge in [0.15, 0.2) is 0 Å². The van der Waals surface area contributed by atoms with Gasteiger partial charge in [-0.1, -0.05) is 48.5 Å². The van der Waals surface area contributed by atoms with E-state index in [4.69, 9.17) is 0 Å². The summed E-state index contributed by atoms with van der Waals surface area (Å²) in [5.41, 5.74) is 3.06. The summed E-state index contributed by atoms with van der Waals surface area (Å²) < 4.78 is 44.8. The van der Waals surface area contributed by atoms with Crippen LogP contribution in [0, 0.1) is 6.92 Å². The van der Waals surface area contributed by atoms with Gasteiger partial charge < -0.3 is 9.64 Å². The Morgan fingerprint density at radius 1 is 0.976 bits per heavy atom. The van der Waals surface area contributed by atoms with E-state index < -0.39 is 28.7 Å². The second-order valence-corrected chi connectivity index (χ2v) is 11.6. The molecule has 2 heterocycles. The predicted molar refractivity (Wildman–Crippen MR) is 157 cm³/mol. The average Bonchev–Trinajstić information content (AvgIpc) is 3.28. The SMILES string of the molecule is C=CCN1C(=O)SC(=Cc2ccc(OC(F)(F)F)c(-c3cc4c(cc3C)C(C)(C)C(=O)N4Cc3ccccc3)c2)C1=O. The molecule has 0 radical (unpaired) electrons. The molecule has 0 spiro atoms. The highest BCUT2D eigenvalue weighted by Crippen LogP contribution is 2.47. The van der Waals surface area contributed by atoms with Crippen molar-refractivity contribution in [2.24, 2.45) is 0 Å². The molecule has 10 heteroatoms. The fraction of sp³-hybridized carbons (Fsp3) is 0.219. The summed E-state index contributed by atoms with van der Waals surface area (Å²) in [4.78, 5) is 41.4. The molecular weight excluding hydrogens is 565 g/mol. The van der Waals surface area contributed by atoms with E-state index in [0.29, 0.717) is 28.9 Å². The van der Waals surface area contributed by atoms with Crippen molar-refractivity contribution in [3.05, 3.63) is 100 Å². The number of imide groups is 1. The standard InChI is InChI=1S/C32H27F3N2O4S/c1-5-13-36-28(38)27(42-30(36)40)16-21-11-12-26(41-32(33,34)35)23(15-21)22-17-25-24(14-19(22)2)31(3,4)29(39)37(25)18-20-9-7-6-8-10-20/h5-12,14-17H,1,13,18H2,2-4H3. The molecule has 2 aliphatic heterocycles. The highest BCUT2D eigenvalue weighted by atomic mass is 32.2. The van der Waals surface area contributed by atoms with Crippen molar-refractivity contribution in [1.82, 2.24) is 4.90 Å². The van der Waals surface area contributed by atoms with Gasteiger partial charge in [-0.25, -0.2) is 0 Å². The largest absolute Gasteiger partial charge is 0.573 e. The highest BCUT2D eigenvalue weighted by Gasteiger charge is 2.44. The summed E-state index contributed by atoms with van der Waals surface area (Å²) in [6.07, 6.45) is -2.05.